The molecule has 1 aromatic heterocycles. The maximum Gasteiger partial charge on any atom is 0.212 e. The standard InChI is InChI=1S/C15H15NO3/c1-10(17)11-4-6-14(18-2)13(8-11)12-5-7-15(19-3)16-9-12/h4-9H,1-3H3. The van der Waals surface area contributed by atoms with Crippen molar-refractivity contribution in [1.29, 1.82) is 0 Å². The SMILES string of the molecule is COc1ccc(-c2cc(C(C)=O)ccc2OC)cn1. The lowest BCUT2D eigenvalue weighted by molar-refractivity contribution is 0.101. The first-order chi connectivity index (χ1) is 9.15. The quantitative estimate of drug-likeness (QED) is 0.790. The Morgan fingerprint density at radius 1 is 1.11 bits per heavy atom. The Labute approximate surface area is 112 Å². The minimum Gasteiger partial charge on any atom is -0.496 e. The van der Waals surface area contributed by atoms with Gasteiger partial charge in [-0.2, -0.15) is 0 Å². The number of hydrogen-bond acceptors (Lipinski definition) is 4. The Hall–Kier alpha value is -2.36. The number of aromatic nitrogens is 1. The highest BCUT2D eigenvalue weighted by atomic mass is 16.5. The lowest BCUT2D eigenvalue weighted by Crippen LogP contribution is -1.95. The zero-order chi connectivity index (χ0) is 13.8. The summed E-state index contributed by atoms with van der Waals surface area (Å²) < 4.78 is 10.3. The minimum atomic E-state index is 0.0189. The van der Waals surface area contributed by atoms with Crippen LogP contribution >= 0.6 is 0 Å². The van der Waals surface area contributed by atoms with Crippen molar-refractivity contribution in [3.63, 3.8) is 0 Å². The molecule has 0 spiro atoms. The number of hydrogen-bond donors (Lipinski definition) is 0. The molecule has 0 aliphatic rings. The van der Waals surface area contributed by atoms with E-state index >= 15 is 0 Å². The Bertz CT molecular complexity index is 591. The van der Waals surface area contributed by atoms with Gasteiger partial charge in [-0.1, -0.05) is 0 Å². The molecule has 0 fully saturated rings. The van der Waals surface area contributed by atoms with Gasteiger partial charge in [0, 0.05) is 29.0 Å². The van der Waals surface area contributed by atoms with E-state index in [9.17, 15) is 4.79 Å². The fourth-order valence-corrected chi connectivity index (χ4v) is 1.81. The highest BCUT2D eigenvalue weighted by molar-refractivity contribution is 5.96. The van der Waals surface area contributed by atoms with Crippen LogP contribution in [0.2, 0.25) is 0 Å². The summed E-state index contributed by atoms with van der Waals surface area (Å²) in [4.78, 5) is 15.6. The molecule has 0 aliphatic carbocycles. The van der Waals surface area contributed by atoms with Crippen molar-refractivity contribution in [2.75, 3.05) is 14.2 Å². The molecule has 0 N–H and O–H groups in total. The molecule has 0 saturated heterocycles. The molecule has 2 aromatic rings. The van der Waals surface area contributed by atoms with Crippen LogP contribution in [0, 0.1) is 0 Å². The summed E-state index contributed by atoms with van der Waals surface area (Å²) in [6.07, 6.45) is 1.70. The van der Waals surface area contributed by atoms with Gasteiger partial charge in [-0.05, 0) is 31.2 Å². The Morgan fingerprint density at radius 2 is 1.89 bits per heavy atom. The second-order valence-electron chi connectivity index (χ2n) is 4.06. The van der Waals surface area contributed by atoms with Gasteiger partial charge in [-0.25, -0.2) is 4.98 Å². The summed E-state index contributed by atoms with van der Waals surface area (Å²) in [5.74, 6) is 1.27. The third-order valence-corrected chi connectivity index (χ3v) is 2.86. The van der Waals surface area contributed by atoms with Crippen molar-refractivity contribution >= 4 is 5.78 Å². The number of methoxy groups -OCH3 is 2. The molecule has 0 bridgehead atoms. The van der Waals surface area contributed by atoms with E-state index in [1.807, 2.05) is 12.1 Å². The van der Waals surface area contributed by atoms with Crippen molar-refractivity contribution in [1.82, 2.24) is 4.98 Å². The van der Waals surface area contributed by atoms with Crippen molar-refractivity contribution < 1.29 is 14.3 Å². The molecule has 4 heteroatoms. The normalized spacial score (nSPS) is 10.1. The van der Waals surface area contributed by atoms with E-state index in [1.165, 1.54) is 6.92 Å². The van der Waals surface area contributed by atoms with Gasteiger partial charge in [0.15, 0.2) is 5.78 Å². The molecule has 0 saturated carbocycles. The second kappa shape index (κ2) is 5.52. The molecule has 0 unspecified atom stereocenters. The van der Waals surface area contributed by atoms with E-state index in [0.29, 0.717) is 17.2 Å². The van der Waals surface area contributed by atoms with E-state index in [0.717, 1.165) is 11.1 Å². The van der Waals surface area contributed by atoms with Gasteiger partial charge in [-0.15, -0.1) is 0 Å². The molecule has 98 valence electrons. The van der Waals surface area contributed by atoms with Crippen LogP contribution in [0.5, 0.6) is 11.6 Å². The number of Topliss-reactive ketones (excluding diaryl/α,β-unsaturated/α-hetero) is 1. The smallest absolute Gasteiger partial charge is 0.212 e. The van der Waals surface area contributed by atoms with Crippen molar-refractivity contribution in [3.05, 3.63) is 42.1 Å². The molecule has 19 heavy (non-hydrogen) atoms. The van der Waals surface area contributed by atoms with Crippen LogP contribution in [0.3, 0.4) is 0 Å². The van der Waals surface area contributed by atoms with Gasteiger partial charge >= 0.3 is 0 Å². The van der Waals surface area contributed by atoms with E-state index in [2.05, 4.69) is 4.98 Å². The molecular formula is C15H15NO3. The number of carbonyl (C=O) groups is 1. The fraction of sp³-hybridized carbons (Fsp3) is 0.200. The highest BCUT2D eigenvalue weighted by Gasteiger charge is 2.09. The summed E-state index contributed by atoms with van der Waals surface area (Å²) in [7, 11) is 3.17. The van der Waals surface area contributed by atoms with E-state index in [-0.39, 0.29) is 5.78 Å². The van der Waals surface area contributed by atoms with Crippen molar-refractivity contribution in [2.45, 2.75) is 6.92 Å². The minimum absolute atomic E-state index is 0.0189. The molecule has 0 aliphatic heterocycles. The van der Waals surface area contributed by atoms with Crippen LogP contribution in [-0.2, 0) is 0 Å². The molecular weight excluding hydrogens is 242 g/mol. The summed E-state index contributed by atoms with van der Waals surface area (Å²) in [6, 6.07) is 9.01. The number of benzene rings is 1. The maximum atomic E-state index is 11.5. The Morgan fingerprint density at radius 3 is 2.42 bits per heavy atom. The molecule has 0 amide bonds. The topological polar surface area (TPSA) is 48.4 Å². The van der Waals surface area contributed by atoms with Crippen LogP contribution in [0.4, 0.5) is 0 Å². The molecule has 0 atom stereocenters. The summed E-state index contributed by atoms with van der Waals surface area (Å²) in [5, 5.41) is 0. The fourth-order valence-electron chi connectivity index (χ4n) is 1.81. The van der Waals surface area contributed by atoms with Gasteiger partial charge in [0.05, 0.1) is 14.2 Å². The number of ketones is 1. The first-order valence-corrected chi connectivity index (χ1v) is 5.85. The maximum absolute atomic E-state index is 11.5. The van der Waals surface area contributed by atoms with Crippen LogP contribution < -0.4 is 9.47 Å². The number of pyridine rings is 1. The van der Waals surface area contributed by atoms with Gasteiger partial charge in [0.2, 0.25) is 5.88 Å². The van der Waals surface area contributed by atoms with Gasteiger partial charge in [0.25, 0.3) is 0 Å². The highest BCUT2D eigenvalue weighted by Crippen LogP contribution is 2.31. The number of ether oxygens (including phenoxy) is 2. The largest absolute Gasteiger partial charge is 0.496 e. The summed E-state index contributed by atoms with van der Waals surface area (Å²) in [6.45, 7) is 1.54. The van der Waals surface area contributed by atoms with E-state index < -0.39 is 0 Å². The monoisotopic (exact) mass is 257 g/mol. The Kier molecular flexibility index (Phi) is 3.80. The Balaban J connectivity index is 2.51. The number of nitrogens with zero attached hydrogens (tertiary/aromatic N) is 1. The molecule has 4 nitrogen and oxygen atoms in total. The number of rotatable bonds is 4. The van der Waals surface area contributed by atoms with Crippen LogP contribution in [-0.4, -0.2) is 25.0 Å². The van der Waals surface area contributed by atoms with Crippen LogP contribution in [0.1, 0.15) is 17.3 Å². The van der Waals surface area contributed by atoms with Crippen molar-refractivity contribution in [2.24, 2.45) is 0 Å². The van der Waals surface area contributed by atoms with Gasteiger partial charge < -0.3 is 9.47 Å². The van der Waals surface area contributed by atoms with Gasteiger partial charge in [0.1, 0.15) is 5.75 Å². The third-order valence-electron chi connectivity index (χ3n) is 2.86. The first kappa shape index (κ1) is 13.1. The first-order valence-electron chi connectivity index (χ1n) is 5.85. The van der Waals surface area contributed by atoms with Crippen LogP contribution in [0.15, 0.2) is 36.5 Å². The molecule has 0 radical (unpaired) electrons. The average Bonchev–Trinajstić information content (AvgIpc) is 2.46. The van der Waals surface area contributed by atoms with Gasteiger partial charge in [-0.3, -0.25) is 4.79 Å². The van der Waals surface area contributed by atoms with Crippen LogP contribution in [0.25, 0.3) is 11.1 Å². The van der Waals surface area contributed by atoms with E-state index in [1.54, 1.807) is 38.6 Å². The predicted octanol–water partition coefficient (Wildman–Crippen LogP) is 2.97. The van der Waals surface area contributed by atoms with E-state index in [4.69, 9.17) is 9.47 Å². The molecule has 1 heterocycles. The number of carbonyl (C=O) groups excluding carboxylic acids is 1. The van der Waals surface area contributed by atoms with Crippen molar-refractivity contribution in [3.8, 4) is 22.8 Å². The molecule has 2 rings (SSSR count). The second-order valence-corrected chi connectivity index (χ2v) is 4.06. The zero-order valence-electron chi connectivity index (χ0n) is 11.1. The predicted molar refractivity (Wildman–Crippen MR) is 72.8 cm³/mol. The third kappa shape index (κ3) is 2.73. The average molecular weight is 257 g/mol. The lowest BCUT2D eigenvalue weighted by Gasteiger charge is -2.10. The summed E-state index contributed by atoms with van der Waals surface area (Å²) >= 11 is 0. The lowest BCUT2D eigenvalue weighted by atomic mass is 10.0. The molecule has 1 aromatic carbocycles. The summed E-state index contributed by atoms with van der Waals surface area (Å²) in [5.41, 5.74) is 2.36. The zero-order valence-corrected chi connectivity index (χ0v) is 11.1.